The van der Waals surface area contributed by atoms with Gasteiger partial charge in [0.25, 0.3) is 0 Å². The summed E-state index contributed by atoms with van der Waals surface area (Å²) in [6.07, 6.45) is 7.32. The second kappa shape index (κ2) is 14.1. The van der Waals surface area contributed by atoms with Crippen molar-refractivity contribution >= 4 is 27.8 Å². The lowest BCUT2D eigenvalue weighted by Gasteiger charge is -2.32. The van der Waals surface area contributed by atoms with Crippen LogP contribution in [0.25, 0.3) is 89.2 Å². The molecule has 3 aliphatic carbocycles. The van der Waals surface area contributed by atoms with Crippen molar-refractivity contribution in [3.8, 4) is 78.4 Å². The van der Waals surface area contributed by atoms with Gasteiger partial charge in [0.15, 0.2) is 5.82 Å². The Morgan fingerprint density at radius 1 is 0.333 bits per heavy atom. The highest BCUT2D eigenvalue weighted by atomic mass is 15.1. The third-order valence-electron chi connectivity index (χ3n) is 14.0. The van der Waals surface area contributed by atoms with Gasteiger partial charge in [-0.3, -0.25) is 9.97 Å². The van der Waals surface area contributed by atoms with Crippen LogP contribution in [0.15, 0.2) is 225 Å². The standard InChI is InChI=1S/C61H37N5/c1-3-15-41(16-4-1)66(42-17-5-2-6-18-42)43-25-26-52-48(35-43)44-19-7-9-23-50(44)61(52)51-24-10-8-20-46(51)58-53(61)36-49-45-21-11-13-40-14-12-22-47(56(40)45)57(49)59(58)60-64-54(38-27-31-62-32-28-38)37-55(65-60)39-29-33-63-34-30-39/h1-37H. The molecule has 8 aromatic carbocycles. The van der Waals surface area contributed by atoms with Gasteiger partial charge in [0.2, 0.25) is 0 Å². The second-order valence-electron chi connectivity index (χ2n) is 17.3. The van der Waals surface area contributed by atoms with Crippen LogP contribution in [-0.2, 0) is 5.41 Å². The van der Waals surface area contributed by atoms with Crippen LogP contribution in [0.4, 0.5) is 17.1 Å². The Balaban J connectivity index is 1.11. The smallest absolute Gasteiger partial charge is 0.161 e. The molecule has 0 amide bonds. The summed E-state index contributed by atoms with van der Waals surface area (Å²) in [5.74, 6) is 0.684. The Morgan fingerprint density at radius 3 is 1.53 bits per heavy atom. The monoisotopic (exact) mass is 839 g/mol. The number of nitrogens with zero attached hydrogens (tertiary/aromatic N) is 5. The Morgan fingerprint density at radius 2 is 0.879 bits per heavy atom. The van der Waals surface area contributed by atoms with Crippen molar-refractivity contribution in [1.29, 1.82) is 0 Å². The fraction of sp³-hybridized carbons (Fsp3) is 0.0164. The van der Waals surface area contributed by atoms with E-state index in [0.717, 1.165) is 45.1 Å². The van der Waals surface area contributed by atoms with Crippen LogP contribution in [0.2, 0.25) is 0 Å². The van der Waals surface area contributed by atoms with Crippen LogP contribution in [0.3, 0.4) is 0 Å². The highest BCUT2D eigenvalue weighted by Gasteiger charge is 2.53. The van der Waals surface area contributed by atoms with E-state index in [0.29, 0.717) is 5.82 Å². The van der Waals surface area contributed by atoms with Crippen molar-refractivity contribution in [3.63, 3.8) is 0 Å². The molecule has 1 unspecified atom stereocenters. The maximum atomic E-state index is 5.59. The summed E-state index contributed by atoms with van der Waals surface area (Å²) in [5, 5.41) is 2.48. The van der Waals surface area contributed by atoms with Gasteiger partial charge in [-0.1, -0.05) is 127 Å². The highest BCUT2D eigenvalue weighted by molar-refractivity contribution is 6.21. The largest absolute Gasteiger partial charge is 0.310 e. The summed E-state index contributed by atoms with van der Waals surface area (Å²) < 4.78 is 0. The van der Waals surface area contributed by atoms with Crippen LogP contribution >= 0.6 is 0 Å². The molecule has 5 nitrogen and oxygen atoms in total. The lowest BCUT2D eigenvalue weighted by Crippen LogP contribution is -2.26. The molecule has 3 aromatic heterocycles. The molecule has 3 heterocycles. The van der Waals surface area contributed by atoms with Gasteiger partial charge in [-0.2, -0.15) is 0 Å². The number of hydrogen-bond acceptors (Lipinski definition) is 5. The van der Waals surface area contributed by atoms with Crippen LogP contribution in [0.5, 0.6) is 0 Å². The number of benzene rings is 8. The van der Waals surface area contributed by atoms with E-state index in [4.69, 9.17) is 9.97 Å². The fourth-order valence-corrected chi connectivity index (χ4v) is 11.4. The van der Waals surface area contributed by atoms with E-state index in [2.05, 4.69) is 191 Å². The summed E-state index contributed by atoms with van der Waals surface area (Å²) >= 11 is 0. The van der Waals surface area contributed by atoms with Gasteiger partial charge < -0.3 is 4.90 Å². The lowest BCUT2D eigenvalue weighted by molar-refractivity contribution is 0.794. The minimum atomic E-state index is -0.635. The van der Waals surface area contributed by atoms with Crippen molar-refractivity contribution in [2.75, 3.05) is 4.90 Å². The topological polar surface area (TPSA) is 54.8 Å². The highest BCUT2D eigenvalue weighted by Crippen LogP contribution is 2.67. The molecule has 0 N–H and O–H groups in total. The molecule has 1 spiro atoms. The van der Waals surface area contributed by atoms with Crippen LogP contribution in [0, 0.1) is 0 Å². The Labute approximate surface area is 382 Å². The van der Waals surface area contributed by atoms with Crippen LogP contribution < -0.4 is 4.90 Å². The maximum Gasteiger partial charge on any atom is 0.161 e. The van der Waals surface area contributed by atoms with Gasteiger partial charge in [0, 0.05) is 64.1 Å². The van der Waals surface area contributed by atoms with Crippen molar-refractivity contribution < 1.29 is 0 Å². The van der Waals surface area contributed by atoms with Gasteiger partial charge in [-0.25, -0.2) is 9.97 Å². The number of para-hydroxylation sites is 2. The van der Waals surface area contributed by atoms with Crippen molar-refractivity contribution in [2.45, 2.75) is 5.41 Å². The van der Waals surface area contributed by atoms with Crippen molar-refractivity contribution in [1.82, 2.24) is 19.9 Å². The molecule has 1 atom stereocenters. The molecule has 14 rings (SSSR count). The Hall–Kier alpha value is -8.80. The summed E-state index contributed by atoms with van der Waals surface area (Å²) in [6, 6.07) is 72.8. The Kier molecular flexibility index (Phi) is 7.83. The molecule has 5 heteroatoms. The first kappa shape index (κ1) is 36.7. The normalized spacial score (nSPS) is 14.4. The average Bonchev–Trinajstić information content (AvgIpc) is 3.99. The molecule has 66 heavy (non-hydrogen) atoms. The van der Waals surface area contributed by atoms with Crippen LogP contribution in [-0.4, -0.2) is 19.9 Å². The van der Waals surface area contributed by atoms with E-state index in [1.54, 1.807) is 0 Å². The minimum Gasteiger partial charge on any atom is -0.310 e. The number of aromatic nitrogens is 4. The molecule has 0 fully saturated rings. The van der Waals surface area contributed by atoms with Gasteiger partial charge in [0.1, 0.15) is 0 Å². The van der Waals surface area contributed by atoms with Gasteiger partial charge in [-0.15, -0.1) is 0 Å². The zero-order valence-corrected chi connectivity index (χ0v) is 35.6. The average molecular weight is 840 g/mol. The lowest BCUT2D eigenvalue weighted by atomic mass is 9.70. The number of rotatable bonds is 6. The zero-order valence-electron chi connectivity index (χ0n) is 35.6. The quantitative estimate of drug-likeness (QED) is 0.167. The van der Waals surface area contributed by atoms with Crippen molar-refractivity contribution in [3.05, 3.63) is 247 Å². The van der Waals surface area contributed by atoms with E-state index in [1.807, 2.05) is 49.1 Å². The molecule has 0 bridgehead atoms. The molecule has 0 radical (unpaired) electrons. The number of pyridine rings is 2. The SMILES string of the molecule is c1ccc(N(c2ccccc2)c2ccc3c(c2)-c2ccccc2C32c3ccccc3-c3c2cc2c(c3-c3nc(-c4ccncc4)cc(-c4ccncc4)n3)-c3cccc4cccc-2c34)cc1. The summed E-state index contributed by atoms with van der Waals surface area (Å²) in [7, 11) is 0. The van der Waals surface area contributed by atoms with E-state index in [9.17, 15) is 0 Å². The first-order chi connectivity index (χ1) is 32.8. The van der Waals surface area contributed by atoms with Crippen molar-refractivity contribution in [2.24, 2.45) is 0 Å². The molecule has 11 aromatic rings. The molecular formula is C61H37N5. The van der Waals surface area contributed by atoms with E-state index < -0.39 is 5.41 Å². The zero-order chi connectivity index (χ0) is 43.3. The second-order valence-corrected chi connectivity index (χ2v) is 17.3. The Bertz CT molecular complexity index is 3660. The summed E-state index contributed by atoms with van der Waals surface area (Å²) in [6.45, 7) is 0. The van der Waals surface area contributed by atoms with E-state index in [1.165, 1.54) is 77.5 Å². The third kappa shape index (κ3) is 5.11. The first-order valence-corrected chi connectivity index (χ1v) is 22.4. The van der Waals surface area contributed by atoms with Gasteiger partial charge >= 0.3 is 0 Å². The van der Waals surface area contributed by atoms with Gasteiger partial charge in [-0.05, 0) is 145 Å². The first-order valence-electron chi connectivity index (χ1n) is 22.4. The predicted molar refractivity (Wildman–Crippen MR) is 267 cm³/mol. The molecule has 0 saturated heterocycles. The van der Waals surface area contributed by atoms with E-state index in [-0.39, 0.29) is 0 Å². The predicted octanol–water partition coefficient (Wildman–Crippen LogP) is 14.9. The van der Waals surface area contributed by atoms with E-state index >= 15 is 0 Å². The van der Waals surface area contributed by atoms with Crippen LogP contribution in [0.1, 0.15) is 22.3 Å². The minimum absolute atomic E-state index is 0.635. The molecular weight excluding hydrogens is 803 g/mol. The molecule has 306 valence electrons. The maximum absolute atomic E-state index is 5.59. The fourth-order valence-electron chi connectivity index (χ4n) is 11.4. The number of anilines is 3. The van der Waals surface area contributed by atoms with Gasteiger partial charge in [0.05, 0.1) is 16.8 Å². The number of fused-ring (bicyclic) bond motifs is 13. The number of hydrogen-bond donors (Lipinski definition) is 0. The third-order valence-corrected chi connectivity index (χ3v) is 14.0. The summed E-state index contributed by atoms with van der Waals surface area (Å²) in [5.41, 5.74) is 22.0. The molecule has 3 aliphatic rings. The molecule has 0 saturated carbocycles. The molecule has 0 aliphatic heterocycles. The summed E-state index contributed by atoms with van der Waals surface area (Å²) in [4.78, 5) is 22.3.